The summed E-state index contributed by atoms with van der Waals surface area (Å²) in [5.41, 5.74) is -0.645. The van der Waals surface area contributed by atoms with E-state index in [0.29, 0.717) is 12.6 Å². The lowest BCUT2D eigenvalue weighted by Crippen LogP contribution is -2.39. The largest absolute Gasteiger partial charge is 0.481 e. The van der Waals surface area contributed by atoms with Crippen LogP contribution in [0.5, 0.6) is 0 Å². The second kappa shape index (κ2) is 2.72. The highest BCUT2D eigenvalue weighted by atomic mass is 16.5. The van der Waals surface area contributed by atoms with Crippen molar-refractivity contribution in [1.29, 1.82) is 0 Å². The van der Waals surface area contributed by atoms with Crippen molar-refractivity contribution < 1.29 is 19.4 Å². The monoisotopic (exact) mass is 235 g/mol. The average molecular weight is 235 g/mol. The molecule has 4 aliphatic rings. The van der Waals surface area contributed by atoms with E-state index in [1.807, 2.05) is 11.0 Å². The van der Waals surface area contributed by atoms with Crippen molar-refractivity contribution in [3.63, 3.8) is 0 Å². The fraction of sp³-hybridized carbons (Fsp3) is 0.667. The van der Waals surface area contributed by atoms with Gasteiger partial charge in [-0.2, -0.15) is 0 Å². The molecule has 1 aliphatic carbocycles. The van der Waals surface area contributed by atoms with E-state index in [4.69, 9.17) is 4.74 Å². The van der Waals surface area contributed by atoms with Crippen LogP contribution in [0.2, 0.25) is 0 Å². The second-order valence-corrected chi connectivity index (χ2v) is 5.44. The normalized spacial score (nSPS) is 46.7. The summed E-state index contributed by atoms with van der Waals surface area (Å²) < 4.78 is 5.78. The number of carbonyl (C=O) groups excluding carboxylic acids is 1. The Hall–Kier alpha value is -1.36. The van der Waals surface area contributed by atoms with E-state index in [2.05, 4.69) is 0 Å². The van der Waals surface area contributed by atoms with Crippen LogP contribution < -0.4 is 0 Å². The fourth-order valence-electron chi connectivity index (χ4n) is 3.51. The lowest BCUT2D eigenvalue weighted by atomic mass is 9.77. The number of likely N-dealkylation sites (tertiary alicyclic amines) is 1. The summed E-state index contributed by atoms with van der Waals surface area (Å²) in [6.45, 7) is 0.540. The first kappa shape index (κ1) is 9.65. The van der Waals surface area contributed by atoms with Crippen LogP contribution in [0.15, 0.2) is 12.2 Å². The molecule has 5 nitrogen and oxygen atoms in total. The molecule has 2 bridgehead atoms. The van der Waals surface area contributed by atoms with Crippen LogP contribution in [0, 0.1) is 11.8 Å². The van der Waals surface area contributed by atoms with Gasteiger partial charge in [-0.05, 0) is 12.8 Å². The number of hydrogen-bond acceptors (Lipinski definition) is 3. The zero-order chi connectivity index (χ0) is 11.8. The first-order valence-corrected chi connectivity index (χ1v) is 6.03. The highest BCUT2D eigenvalue weighted by molar-refractivity contribution is 5.91. The van der Waals surface area contributed by atoms with Crippen molar-refractivity contribution in [2.24, 2.45) is 11.8 Å². The quantitative estimate of drug-likeness (QED) is 0.685. The molecule has 0 aromatic heterocycles. The predicted molar refractivity (Wildman–Crippen MR) is 56.1 cm³/mol. The molecule has 1 amide bonds. The van der Waals surface area contributed by atoms with Crippen LogP contribution in [0.4, 0.5) is 0 Å². The molecule has 0 radical (unpaired) electrons. The molecule has 90 valence electrons. The molecule has 0 aromatic carbocycles. The molecule has 1 spiro atoms. The zero-order valence-electron chi connectivity index (χ0n) is 9.20. The molecular formula is C12H13NO4. The van der Waals surface area contributed by atoms with Gasteiger partial charge in [0.05, 0.1) is 18.6 Å². The minimum Gasteiger partial charge on any atom is -0.481 e. The van der Waals surface area contributed by atoms with Crippen LogP contribution in [0.25, 0.3) is 0 Å². The van der Waals surface area contributed by atoms with Gasteiger partial charge in [-0.1, -0.05) is 12.2 Å². The van der Waals surface area contributed by atoms with Crippen LogP contribution in [-0.2, 0) is 14.3 Å². The third-order valence-corrected chi connectivity index (χ3v) is 4.40. The summed E-state index contributed by atoms with van der Waals surface area (Å²) in [5.74, 6) is -2.14. The molecule has 4 atom stereocenters. The van der Waals surface area contributed by atoms with Crippen LogP contribution >= 0.6 is 0 Å². The average Bonchev–Trinajstić information content (AvgIpc) is 2.89. The molecule has 17 heavy (non-hydrogen) atoms. The number of carboxylic acids is 1. The zero-order valence-corrected chi connectivity index (χ0v) is 9.20. The molecule has 4 rings (SSSR count). The highest BCUT2D eigenvalue weighted by Crippen LogP contribution is 2.53. The smallest absolute Gasteiger partial charge is 0.310 e. The van der Waals surface area contributed by atoms with Crippen molar-refractivity contribution in [2.75, 3.05) is 6.54 Å². The number of fused-ring (bicyclic) bond motifs is 1. The van der Waals surface area contributed by atoms with E-state index in [1.54, 1.807) is 6.08 Å². The summed E-state index contributed by atoms with van der Waals surface area (Å²) >= 11 is 0. The van der Waals surface area contributed by atoms with Gasteiger partial charge in [0, 0.05) is 6.04 Å². The Morgan fingerprint density at radius 1 is 1.53 bits per heavy atom. The fourth-order valence-corrected chi connectivity index (χ4v) is 3.51. The number of nitrogens with zero attached hydrogens (tertiary/aromatic N) is 1. The lowest BCUT2D eigenvalue weighted by molar-refractivity contribution is -0.148. The Morgan fingerprint density at radius 2 is 2.29 bits per heavy atom. The SMILES string of the molecule is O=C(O)C1C2C(=O)N(C3CC3)C[C@]23C=C[C@H]1O3. The molecular weight excluding hydrogens is 222 g/mol. The first-order chi connectivity index (χ1) is 8.12. The number of carbonyl (C=O) groups is 2. The van der Waals surface area contributed by atoms with Gasteiger partial charge in [0.15, 0.2) is 0 Å². The van der Waals surface area contributed by atoms with Gasteiger partial charge in [-0.3, -0.25) is 9.59 Å². The minimum atomic E-state index is -0.919. The van der Waals surface area contributed by atoms with E-state index in [1.165, 1.54) is 0 Å². The van der Waals surface area contributed by atoms with Crippen LogP contribution in [0.3, 0.4) is 0 Å². The third kappa shape index (κ3) is 1.03. The van der Waals surface area contributed by atoms with Crippen LogP contribution in [0.1, 0.15) is 12.8 Å². The van der Waals surface area contributed by atoms with E-state index >= 15 is 0 Å². The van der Waals surface area contributed by atoms with E-state index in [-0.39, 0.29) is 5.91 Å². The highest BCUT2D eigenvalue weighted by Gasteiger charge is 2.68. The third-order valence-electron chi connectivity index (χ3n) is 4.40. The van der Waals surface area contributed by atoms with Crippen molar-refractivity contribution in [3.8, 4) is 0 Å². The second-order valence-electron chi connectivity index (χ2n) is 5.44. The van der Waals surface area contributed by atoms with Crippen LogP contribution in [-0.4, -0.2) is 46.2 Å². The number of rotatable bonds is 2. The molecule has 3 fully saturated rings. The number of aliphatic carboxylic acids is 1. The Balaban J connectivity index is 1.76. The Labute approximate surface area is 98.0 Å². The molecule has 0 aromatic rings. The summed E-state index contributed by atoms with van der Waals surface area (Å²) in [7, 11) is 0. The first-order valence-electron chi connectivity index (χ1n) is 6.03. The van der Waals surface area contributed by atoms with E-state index in [9.17, 15) is 14.7 Å². The Kier molecular flexibility index (Phi) is 1.54. The predicted octanol–water partition coefficient (Wildman–Crippen LogP) is 0.0154. The van der Waals surface area contributed by atoms with Gasteiger partial charge in [0.2, 0.25) is 5.91 Å². The standard InChI is InChI=1S/C12H13NO4/c14-10-9-8(11(15)16)7-3-4-12(9,17-7)5-13(10)6-1-2-6/h3-4,6-9H,1-2,5H2,(H,15,16)/t7-,8?,9?,12-/m1/s1. The maximum atomic E-state index is 12.3. The molecule has 5 heteroatoms. The van der Waals surface area contributed by atoms with Crippen molar-refractivity contribution in [1.82, 2.24) is 4.90 Å². The van der Waals surface area contributed by atoms with Crippen molar-refractivity contribution >= 4 is 11.9 Å². The maximum absolute atomic E-state index is 12.3. The lowest BCUT2D eigenvalue weighted by Gasteiger charge is -2.21. The Bertz CT molecular complexity index is 455. The molecule has 1 saturated carbocycles. The molecule has 1 N–H and O–H groups in total. The van der Waals surface area contributed by atoms with Crippen molar-refractivity contribution in [3.05, 3.63) is 12.2 Å². The number of amides is 1. The van der Waals surface area contributed by atoms with Gasteiger partial charge >= 0.3 is 5.97 Å². The molecule has 3 aliphatic heterocycles. The van der Waals surface area contributed by atoms with Gasteiger partial charge in [-0.15, -0.1) is 0 Å². The number of ether oxygens (including phenoxy) is 1. The molecule has 3 heterocycles. The topological polar surface area (TPSA) is 66.8 Å². The summed E-state index contributed by atoms with van der Waals surface area (Å²) in [6, 6.07) is 0.327. The van der Waals surface area contributed by atoms with Crippen molar-refractivity contribution in [2.45, 2.75) is 30.6 Å². The Morgan fingerprint density at radius 3 is 2.94 bits per heavy atom. The molecule has 2 unspecified atom stereocenters. The summed E-state index contributed by atoms with van der Waals surface area (Å²) in [4.78, 5) is 25.4. The van der Waals surface area contributed by atoms with Gasteiger partial charge in [0.25, 0.3) is 0 Å². The van der Waals surface area contributed by atoms with Gasteiger partial charge in [0.1, 0.15) is 11.5 Å². The minimum absolute atomic E-state index is 0.0215. The summed E-state index contributed by atoms with van der Waals surface area (Å²) in [6.07, 6.45) is 5.38. The maximum Gasteiger partial charge on any atom is 0.310 e. The van der Waals surface area contributed by atoms with Gasteiger partial charge < -0.3 is 14.7 Å². The number of hydrogen-bond donors (Lipinski definition) is 1. The number of carboxylic acid groups (broad SMARTS) is 1. The van der Waals surface area contributed by atoms with E-state index < -0.39 is 29.5 Å². The van der Waals surface area contributed by atoms with Gasteiger partial charge in [-0.25, -0.2) is 0 Å². The summed E-state index contributed by atoms with van der Waals surface area (Å²) in [5, 5.41) is 9.25. The van der Waals surface area contributed by atoms with E-state index in [0.717, 1.165) is 12.8 Å². The molecule has 2 saturated heterocycles.